The summed E-state index contributed by atoms with van der Waals surface area (Å²) in [5.74, 6) is -2.40. The summed E-state index contributed by atoms with van der Waals surface area (Å²) in [4.78, 5) is 3.07. The molecule has 4 rings (SSSR count). The van der Waals surface area contributed by atoms with Crippen LogP contribution in [0, 0.1) is 17.5 Å². The van der Waals surface area contributed by atoms with Gasteiger partial charge >= 0.3 is 0 Å². The number of halogens is 3. The molecule has 1 heterocycles. The van der Waals surface area contributed by atoms with Crippen molar-refractivity contribution in [3.8, 4) is 23.0 Å². The molecule has 1 N–H and O–H groups in total. The summed E-state index contributed by atoms with van der Waals surface area (Å²) in [7, 11) is -1.77. The van der Waals surface area contributed by atoms with Crippen LogP contribution in [0.3, 0.4) is 0 Å². The van der Waals surface area contributed by atoms with Crippen molar-refractivity contribution >= 4 is 26.6 Å². The maximum absolute atomic E-state index is 14.7. The van der Waals surface area contributed by atoms with Crippen molar-refractivity contribution in [1.82, 2.24) is 4.98 Å². The van der Waals surface area contributed by atoms with Gasteiger partial charge in [0.25, 0.3) is 10.0 Å². The second-order valence-corrected chi connectivity index (χ2v) is 8.53. The molecule has 0 amide bonds. The van der Waals surface area contributed by atoms with E-state index in [0.29, 0.717) is 28.2 Å². The van der Waals surface area contributed by atoms with E-state index in [-0.39, 0.29) is 5.75 Å². The Morgan fingerprint density at radius 3 is 2.24 bits per heavy atom. The van der Waals surface area contributed by atoms with Crippen molar-refractivity contribution in [1.29, 1.82) is 0 Å². The summed E-state index contributed by atoms with van der Waals surface area (Å²) in [6, 6.07) is 10.8. The van der Waals surface area contributed by atoms with Crippen molar-refractivity contribution in [3.63, 3.8) is 0 Å². The molecule has 0 aliphatic heterocycles. The largest absolute Gasteiger partial charge is 0.493 e. The number of benzene rings is 3. The van der Waals surface area contributed by atoms with Gasteiger partial charge in [-0.05, 0) is 42.5 Å². The fourth-order valence-corrected chi connectivity index (χ4v) is 4.51. The molecule has 0 radical (unpaired) electrons. The number of ether oxygens (including phenoxy) is 3. The van der Waals surface area contributed by atoms with E-state index in [1.165, 1.54) is 26.5 Å². The van der Waals surface area contributed by atoms with E-state index in [1.54, 1.807) is 18.2 Å². The number of hydrogen-bond acceptors (Lipinski definition) is 6. The fourth-order valence-electron chi connectivity index (χ4n) is 3.30. The first kappa shape index (κ1) is 23.2. The Bertz CT molecular complexity index is 1480. The molecule has 34 heavy (non-hydrogen) atoms. The third kappa shape index (κ3) is 4.29. The van der Waals surface area contributed by atoms with E-state index in [1.807, 2.05) is 4.72 Å². The monoisotopic (exact) mass is 490 g/mol. The van der Waals surface area contributed by atoms with Gasteiger partial charge in [-0.3, -0.25) is 9.71 Å². The normalized spacial score (nSPS) is 11.3. The molecule has 7 nitrogen and oxygen atoms in total. The van der Waals surface area contributed by atoms with Gasteiger partial charge < -0.3 is 14.2 Å². The number of pyridine rings is 1. The van der Waals surface area contributed by atoms with Crippen LogP contribution in [-0.4, -0.2) is 27.6 Å². The van der Waals surface area contributed by atoms with Crippen LogP contribution >= 0.6 is 0 Å². The molecular weight excluding hydrogens is 473 g/mol. The zero-order valence-electron chi connectivity index (χ0n) is 17.8. The second-order valence-electron chi connectivity index (χ2n) is 6.91. The summed E-state index contributed by atoms with van der Waals surface area (Å²) in [5.41, 5.74) is -0.0582. The highest BCUT2D eigenvalue weighted by atomic mass is 32.2. The van der Waals surface area contributed by atoms with Crippen LogP contribution in [0.25, 0.3) is 10.9 Å². The van der Waals surface area contributed by atoms with Crippen LogP contribution in [0.4, 0.5) is 18.9 Å². The molecule has 1 aromatic heterocycles. The maximum Gasteiger partial charge on any atom is 0.267 e. The third-order valence-electron chi connectivity index (χ3n) is 4.81. The third-order valence-corrected chi connectivity index (χ3v) is 6.23. The Balaban J connectivity index is 1.64. The Morgan fingerprint density at radius 2 is 1.59 bits per heavy atom. The number of methoxy groups -OCH3 is 2. The Labute approximate surface area is 192 Å². The van der Waals surface area contributed by atoms with Gasteiger partial charge in [0.1, 0.15) is 28.7 Å². The molecule has 3 aromatic carbocycles. The number of hydrogen-bond donors (Lipinski definition) is 1. The van der Waals surface area contributed by atoms with E-state index in [2.05, 4.69) is 4.98 Å². The highest BCUT2D eigenvalue weighted by molar-refractivity contribution is 7.92. The molecule has 4 aromatic rings. The van der Waals surface area contributed by atoms with Crippen molar-refractivity contribution in [2.45, 2.75) is 4.90 Å². The quantitative estimate of drug-likeness (QED) is 0.380. The molecule has 0 saturated heterocycles. The van der Waals surface area contributed by atoms with Crippen LogP contribution in [-0.2, 0) is 10.0 Å². The van der Waals surface area contributed by atoms with Gasteiger partial charge in [0, 0.05) is 17.6 Å². The average molecular weight is 490 g/mol. The van der Waals surface area contributed by atoms with Gasteiger partial charge in [0.05, 0.1) is 19.9 Å². The van der Waals surface area contributed by atoms with E-state index >= 15 is 0 Å². The Morgan fingerprint density at radius 1 is 0.853 bits per heavy atom. The summed E-state index contributed by atoms with van der Waals surface area (Å²) in [6.45, 7) is 0. The smallest absolute Gasteiger partial charge is 0.267 e. The summed E-state index contributed by atoms with van der Waals surface area (Å²) >= 11 is 0. The van der Waals surface area contributed by atoms with Crippen LogP contribution in [0.1, 0.15) is 0 Å². The van der Waals surface area contributed by atoms with Crippen LogP contribution in [0.2, 0.25) is 0 Å². The predicted octanol–water partition coefficient (Wildman–Crippen LogP) is 5.26. The first-order chi connectivity index (χ1) is 16.2. The van der Waals surface area contributed by atoms with Gasteiger partial charge in [0.2, 0.25) is 0 Å². The Hall–Kier alpha value is -3.99. The van der Waals surface area contributed by atoms with Gasteiger partial charge in [-0.15, -0.1) is 0 Å². The molecule has 0 atom stereocenters. The predicted molar refractivity (Wildman–Crippen MR) is 118 cm³/mol. The average Bonchev–Trinajstić information content (AvgIpc) is 2.80. The number of anilines is 1. The first-order valence-corrected chi connectivity index (χ1v) is 11.2. The highest BCUT2D eigenvalue weighted by Gasteiger charge is 2.25. The van der Waals surface area contributed by atoms with Crippen LogP contribution in [0.15, 0.2) is 65.7 Å². The standard InChI is InChI=1S/C23H17F3N2O5S/c1-31-20-9-7-14-19(10-11-27-21(14)22(20)32-2)33-13-6-8-18(17(26)12-13)28-34(29,30)23-15(24)4-3-5-16(23)25/h3-12,28H,1-2H3. The molecule has 0 aliphatic carbocycles. The van der Waals surface area contributed by atoms with E-state index in [4.69, 9.17) is 14.2 Å². The second kappa shape index (κ2) is 9.10. The highest BCUT2D eigenvalue weighted by Crippen LogP contribution is 2.39. The van der Waals surface area contributed by atoms with E-state index < -0.39 is 38.1 Å². The zero-order valence-corrected chi connectivity index (χ0v) is 18.6. The molecule has 0 aliphatic rings. The number of nitrogens with one attached hydrogen (secondary N) is 1. The van der Waals surface area contributed by atoms with Crippen molar-refractivity contribution in [3.05, 3.63) is 78.2 Å². The van der Waals surface area contributed by atoms with E-state index in [0.717, 1.165) is 30.3 Å². The minimum atomic E-state index is -4.73. The van der Waals surface area contributed by atoms with E-state index in [9.17, 15) is 21.6 Å². The number of sulfonamides is 1. The lowest BCUT2D eigenvalue weighted by atomic mass is 10.1. The van der Waals surface area contributed by atoms with Crippen molar-refractivity contribution in [2.24, 2.45) is 0 Å². The molecule has 176 valence electrons. The summed E-state index contributed by atoms with van der Waals surface area (Å²) < 4.78 is 85.6. The van der Waals surface area contributed by atoms with Gasteiger partial charge in [-0.1, -0.05) is 6.07 Å². The zero-order chi connectivity index (χ0) is 24.5. The fraction of sp³-hybridized carbons (Fsp3) is 0.0870. The van der Waals surface area contributed by atoms with Gasteiger partial charge in [-0.2, -0.15) is 0 Å². The minimum Gasteiger partial charge on any atom is -0.493 e. The number of rotatable bonds is 7. The minimum absolute atomic E-state index is 0.0415. The summed E-state index contributed by atoms with van der Waals surface area (Å²) in [6.07, 6.45) is 1.47. The van der Waals surface area contributed by atoms with Crippen molar-refractivity contribution < 1.29 is 35.8 Å². The van der Waals surface area contributed by atoms with Crippen LogP contribution in [0.5, 0.6) is 23.0 Å². The number of nitrogens with zero attached hydrogens (tertiary/aromatic N) is 1. The molecule has 0 spiro atoms. The SMILES string of the molecule is COc1ccc2c(Oc3ccc(NS(=O)(=O)c4c(F)cccc4F)c(F)c3)ccnc2c1OC. The van der Waals surface area contributed by atoms with Gasteiger partial charge in [-0.25, -0.2) is 21.6 Å². The van der Waals surface area contributed by atoms with Crippen LogP contribution < -0.4 is 18.9 Å². The lowest BCUT2D eigenvalue weighted by molar-refractivity contribution is 0.358. The maximum atomic E-state index is 14.7. The molecule has 0 saturated carbocycles. The number of fused-ring (bicyclic) bond motifs is 1. The molecule has 11 heteroatoms. The lowest BCUT2D eigenvalue weighted by Crippen LogP contribution is -2.17. The molecule has 0 unspecified atom stereocenters. The van der Waals surface area contributed by atoms with Crippen molar-refractivity contribution in [2.75, 3.05) is 18.9 Å². The molecular formula is C23H17F3N2O5S. The summed E-state index contributed by atoms with van der Waals surface area (Å²) in [5, 5.41) is 0.556. The molecule has 0 fully saturated rings. The lowest BCUT2D eigenvalue weighted by Gasteiger charge is -2.14. The topological polar surface area (TPSA) is 86.8 Å². The number of aromatic nitrogens is 1. The first-order valence-electron chi connectivity index (χ1n) is 9.69. The Kier molecular flexibility index (Phi) is 6.20. The van der Waals surface area contributed by atoms with Gasteiger partial charge in [0.15, 0.2) is 22.2 Å². The molecule has 0 bridgehead atoms.